The highest BCUT2D eigenvalue weighted by molar-refractivity contribution is 7.98. The predicted molar refractivity (Wildman–Crippen MR) is 56.0 cm³/mol. The van der Waals surface area contributed by atoms with Crippen LogP contribution in [0.5, 0.6) is 5.75 Å². The van der Waals surface area contributed by atoms with Gasteiger partial charge < -0.3 is 10.5 Å². The zero-order valence-electron chi connectivity index (χ0n) is 7.45. The molecule has 13 heavy (non-hydrogen) atoms. The molecule has 0 radical (unpaired) electrons. The lowest BCUT2D eigenvalue weighted by atomic mass is 10.1. The zero-order chi connectivity index (χ0) is 9.10. The summed E-state index contributed by atoms with van der Waals surface area (Å²) < 4.78 is 5.59. The molecule has 1 heterocycles. The smallest absolute Gasteiger partial charge is 0.123 e. The first-order valence-corrected chi connectivity index (χ1v) is 5.58. The Morgan fingerprint density at radius 1 is 1.46 bits per heavy atom. The van der Waals surface area contributed by atoms with Crippen molar-refractivity contribution in [2.45, 2.75) is 12.3 Å². The summed E-state index contributed by atoms with van der Waals surface area (Å²) in [5.41, 5.74) is 8.04. The van der Waals surface area contributed by atoms with Gasteiger partial charge in [0.05, 0.1) is 6.61 Å². The van der Waals surface area contributed by atoms with Gasteiger partial charge in [0.25, 0.3) is 0 Å². The monoisotopic (exact) mass is 195 g/mol. The average molecular weight is 195 g/mol. The second kappa shape index (κ2) is 4.03. The van der Waals surface area contributed by atoms with Crippen molar-refractivity contribution in [2.75, 3.05) is 12.4 Å². The van der Waals surface area contributed by atoms with Crippen LogP contribution in [0.25, 0.3) is 0 Å². The van der Waals surface area contributed by atoms with E-state index in [-0.39, 0.29) is 0 Å². The van der Waals surface area contributed by atoms with Crippen LogP contribution in [0.2, 0.25) is 0 Å². The normalized spacial score (nSPS) is 15.8. The van der Waals surface area contributed by atoms with Gasteiger partial charge in [-0.25, -0.2) is 0 Å². The molecule has 0 aromatic heterocycles. The zero-order valence-corrected chi connectivity index (χ0v) is 8.27. The average Bonchev–Trinajstić information content (AvgIpc) is 2.41. The minimum absolute atomic E-state index is 0.609. The number of benzene rings is 1. The molecule has 0 saturated heterocycles. The van der Waals surface area contributed by atoms with E-state index in [1.807, 2.05) is 23.9 Å². The summed E-state index contributed by atoms with van der Waals surface area (Å²) in [5, 5.41) is 0. The Kier molecular flexibility index (Phi) is 2.76. The largest absolute Gasteiger partial charge is 0.492 e. The third kappa shape index (κ3) is 1.98. The Balaban J connectivity index is 2.32. The molecular weight excluding hydrogens is 182 g/mol. The summed E-state index contributed by atoms with van der Waals surface area (Å²) in [6, 6.07) is 6.21. The molecular formula is C10H13NOS. The van der Waals surface area contributed by atoms with Crippen LogP contribution in [0.3, 0.4) is 0 Å². The molecule has 1 aliphatic heterocycles. The van der Waals surface area contributed by atoms with Crippen molar-refractivity contribution in [3.63, 3.8) is 0 Å². The molecule has 0 unspecified atom stereocenters. The van der Waals surface area contributed by atoms with E-state index < -0.39 is 0 Å². The Morgan fingerprint density at radius 3 is 3.23 bits per heavy atom. The number of nitrogens with two attached hydrogens (primary N) is 1. The SMILES string of the molecule is NCc1ccc2c(c1)CSCCO2. The topological polar surface area (TPSA) is 35.2 Å². The fourth-order valence-electron chi connectivity index (χ4n) is 1.41. The molecule has 0 aliphatic carbocycles. The second-order valence-electron chi connectivity index (χ2n) is 3.05. The molecule has 1 aromatic rings. The fourth-order valence-corrected chi connectivity index (χ4v) is 2.20. The quantitative estimate of drug-likeness (QED) is 0.741. The first kappa shape index (κ1) is 8.91. The molecule has 0 bridgehead atoms. The van der Waals surface area contributed by atoms with Crippen molar-refractivity contribution in [3.05, 3.63) is 29.3 Å². The number of thioether (sulfide) groups is 1. The van der Waals surface area contributed by atoms with E-state index in [0.29, 0.717) is 6.54 Å². The van der Waals surface area contributed by atoms with Gasteiger partial charge in [-0.05, 0) is 17.7 Å². The maximum Gasteiger partial charge on any atom is 0.123 e. The van der Waals surface area contributed by atoms with E-state index in [1.54, 1.807) is 0 Å². The van der Waals surface area contributed by atoms with Crippen LogP contribution in [-0.2, 0) is 12.3 Å². The molecule has 2 rings (SSSR count). The molecule has 2 nitrogen and oxygen atoms in total. The van der Waals surface area contributed by atoms with Gasteiger partial charge in [-0.15, -0.1) is 0 Å². The van der Waals surface area contributed by atoms with Crippen molar-refractivity contribution in [2.24, 2.45) is 5.73 Å². The van der Waals surface area contributed by atoms with Crippen molar-refractivity contribution in [3.8, 4) is 5.75 Å². The lowest BCUT2D eigenvalue weighted by Gasteiger charge is -2.07. The summed E-state index contributed by atoms with van der Waals surface area (Å²) in [6.07, 6.45) is 0. The summed E-state index contributed by atoms with van der Waals surface area (Å²) >= 11 is 1.91. The molecule has 1 aromatic carbocycles. The van der Waals surface area contributed by atoms with Crippen molar-refractivity contribution in [1.29, 1.82) is 0 Å². The van der Waals surface area contributed by atoms with E-state index >= 15 is 0 Å². The third-order valence-electron chi connectivity index (χ3n) is 2.10. The van der Waals surface area contributed by atoms with E-state index in [2.05, 4.69) is 6.07 Å². The van der Waals surface area contributed by atoms with Gasteiger partial charge in [0, 0.05) is 23.6 Å². The Labute approximate surface area is 82.5 Å². The summed E-state index contributed by atoms with van der Waals surface area (Å²) in [5.74, 6) is 3.15. The van der Waals surface area contributed by atoms with Crippen LogP contribution in [0, 0.1) is 0 Å². The number of fused-ring (bicyclic) bond motifs is 1. The Morgan fingerprint density at radius 2 is 2.38 bits per heavy atom. The van der Waals surface area contributed by atoms with Crippen LogP contribution < -0.4 is 10.5 Å². The minimum Gasteiger partial charge on any atom is -0.492 e. The lowest BCUT2D eigenvalue weighted by Crippen LogP contribution is -2.00. The Bertz CT molecular complexity index is 301. The highest BCUT2D eigenvalue weighted by Gasteiger charge is 2.08. The van der Waals surface area contributed by atoms with Gasteiger partial charge in [0.15, 0.2) is 0 Å². The molecule has 1 aliphatic rings. The van der Waals surface area contributed by atoms with Crippen LogP contribution in [0.1, 0.15) is 11.1 Å². The number of rotatable bonds is 1. The highest BCUT2D eigenvalue weighted by Crippen LogP contribution is 2.27. The van der Waals surface area contributed by atoms with Gasteiger partial charge in [-0.2, -0.15) is 11.8 Å². The molecule has 0 fully saturated rings. The molecule has 0 saturated carbocycles. The summed E-state index contributed by atoms with van der Waals surface area (Å²) in [7, 11) is 0. The van der Waals surface area contributed by atoms with Crippen LogP contribution in [0.15, 0.2) is 18.2 Å². The van der Waals surface area contributed by atoms with E-state index in [1.165, 1.54) is 11.1 Å². The highest BCUT2D eigenvalue weighted by atomic mass is 32.2. The number of hydrogen-bond acceptors (Lipinski definition) is 3. The van der Waals surface area contributed by atoms with Gasteiger partial charge in [-0.1, -0.05) is 6.07 Å². The molecule has 0 amide bonds. The predicted octanol–water partition coefficient (Wildman–Crippen LogP) is 1.77. The molecule has 0 spiro atoms. The van der Waals surface area contributed by atoms with E-state index in [9.17, 15) is 0 Å². The van der Waals surface area contributed by atoms with Crippen LogP contribution >= 0.6 is 11.8 Å². The van der Waals surface area contributed by atoms with E-state index in [4.69, 9.17) is 10.5 Å². The van der Waals surface area contributed by atoms with Gasteiger partial charge >= 0.3 is 0 Å². The fraction of sp³-hybridized carbons (Fsp3) is 0.400. The van der Waals surface area contributed by atoms with E-state index in [0.717, 1.165) is 23.9 Å². The van der Waals surface area contributed by atoms with Gasteiger partial charge in [-0.3, -0.25) is 0 Å². The van der Waals surface area contributed by atoms with Gasteiger partial charge in [0.2, 0.25) is 0 Å². The molecule has 0 atom stereocenters. The van der Waals surface area contributed by atoms with Crippen molar-refractivity contribution < 1.29 is 4.74 Å². The second-order valence-corrected chi connectivity index (χ2v) is 4.15. The van der Waals surface area contributed by atoms with Crippen molar-refractivity contribution >= 4 is 11.8 Å². The minimum atomic E-state index is 0.609. The molecule has 70 valence electrons. The molecule has 2 N–H and O–H groups in total. The first-order valence-electron chi connectivity index (χ1n) is 4.42. The maximum atomic E-state index is 5.59. The third-order valence-corrected chi connectivity index (χ3v) is 3.07. The Hall–Kier alpha value is -0.670. The lowest BCUT2D eigenvalue weighted by molar-refractivity contribution is 0.343. The van der Waals surface area contributed by atoms with Gasteiger partial charge in [0.1, 0.15) is 5.75 Å². The summed E-state index contributed by atoms with van der Waals surface area (Å²) in [6.45, 7) is 1.43. The van der Waals surface area contributed by atoms with Crippen LogP contribution in [0.4, 0.5) is 0 Å². The summed E-state index contributed by atoms with van der Waals surface area (Å²) in [4.78, 5) is 0. The standard InChI is InChI=1S/C10H13NOS/c11-6-8-1-2-10-9(5-8)7-13-4-3-12-10/h1-2,5H,3-4,6-7,11H2. The number of hydrogen-bond donors (Lipinski definition) is 1. The van der Waals surface area contributed by atoms with Crippen molar-refractivity contribution in [1.82, 2.24) is 0 Å². The molecule has 3 heteroatoms. The van der Waals surface area contributed by atoms with Crippen LogP contribution in [-0.4, -0.2) is 12.4 Å². The maximum absolute atomic E-state index is 5.59. The first-order chi connectivity index (χ1) is 6.40. The number of ether oxygens (including phenoxy) is 1.